The summed E-state index contributed by atoms with van der Waals surface area (Å²) < 4.78 is 39.0. The topological polar surface area (TPSA) is 115 Å². The molecule has 0 spiro atoms. The molecule has 1 aromatic carbocycles. The van der Waals surface area contributed by atoms with Gasteiger partial charge >= 0.3 is 0 Å². The van der Waals surface area contributed by atoms with Crippen LogP contribution in [-0.2, 0) is 14.8 Å². The lowest BCUT2D eigenvalue weighted by molar-refractivity contribution is -0.109. The maximum atomic E-state index is 12.8. The van der Waals surface area contributed by atoms with E-state index in [9.17, 15) is 18.0 Å². The van der Waals surface area contributed by atoms with E-state index in [1.807, 2.05) is 14.1 Å². The monoisotopic (exact) mass is 495 g/mol. The third-order valence-corrected chi connectivity index (χ3v) is 6.60. The summed E-state index contributed by atoms with van der Waals surface area (Å²) >= 11 is 0.907. The first kappa shape index (κ1) is 26.6. The number of nitrogens with zero attached hydrogens (tertiary/aromatic N) is 2. The first-order chi connectivity index (χ1) is 15.6. The number of sulfonamides is 1. The lowest BCUT2D eigenvalue weighted by atomic mass is 10.2. The number of nitrogens with one attached hydrogen (secondary N) is 1. The minimum Gasteiger partial charge on any atom is -0.493 e. The first-order valence-corrected chi connectivity index (χ1v) is 12.7. The fraction of sp³-hybridized carbons (Fsp3) is 0.409. The fourth-order valence-electron chi connectivity index (χ4n) is 2.71. The maximum absolute atomic E-state index is 12.8. The number of anilines is 1. The molecular formula is C22H29N3O6S2. The number of unbranched alkanes of at least 4 members (excludes halogenated alkanes) is 1. The summed E-state index contributed by atoms with van der Waals surface area (Å²) in [5, 5.41) is -0.156. The number of hydrogen-bond donors (Lipinski definition) is 1. The minimum absolute atomic E-state index is 0.00591. The average Bonchev–Trinajstić information content (AvgIpc) is 2.77. The van der Waals surface area contributed by atoms with Gasteiger partial charge in [0.15, 0.2) is 22.4 Å². The van der Waals surface area contributed by atoms with Crippen molar-refractivity contribution in [3.8, 4) is 11.5 Å². The lowest BCUT2D eigenvalue weighted by Crippen LogP contribution is -2.15. The van der Waals surface area contributed by atoms with E-state index in [4.69, 9.17) is 9.47 Å². The Morgan fingerprint density at radius 2 is 1.88 bits per heavy atom. The summed E-state index contributed by atoms with van der Waals surface area (Å²) in [4.78, 5) is 29.1. The van der Waals surface area contributed by atoms with E-state index < -0.39 is 10.0 Å². The van der Waals surface area contributed by atoms with E-state index in [2.05, 4.69) is 14.6 Å². The summed E-state index contributed by atoms with van der Waals surface area (Å²) in [6.07, 6.45) is 3.12. The average molecular weight is 496 g/mol. The summed E-state index contributed by atoms with van der Waals surface area (Å²) in [5.41, 5.74) is 0.292. The number of rotatable bonds is 13. The van der Waals surface area contributed by atoms with Gasteiger partial charge in [-0.2, -0.15) is 0 Å². The normalized spacial score (nSPS) is 11.3. The molecule has 1 N–H and O–H groups in total. The molecule has 1 heterocycles. The number of methoxy groups -OCH3 is 1. The second-order valence-electron chi connectivity index (χ2n) is 7.41. The van der Waals surface area contributed by atoms with Crippen LogP contribution >= 0.6 is 11.8 Å². The molecule has 2 rings (SSSR count). The number of ketones is 1. The largest absolute Gasteiger partial charge is 0.493 e. The van der Waals surface area contributed by atoms with E-state index in [0.29, 0.717) is 23.7 Å². The first-order valence-electron chi connectivity index (χ1n) is 10.2. The number of aromatic nitrogens is 1. The van der Waals surface area contributed by atoms with Crippen molar-refractivity contribution in [2.24, 2.45) is 0 Å². The van der Waals surface area contributed by atoms with Crippen molar-refractivity contribution in [3.05, 3.63) is 42.1 Å². The number of carbonyl (C=O) groups is 2. The Balaban J connectivity index is 2.04. The molecule has 0 saturated carbocycles. The van der Waals surface area contributed by atoms with Crippen LogP contribution in [0, 0.1) is 0 Å². The molecule has 0 aliphatic carbocycles. The zero-order chi connectivity index (χ0) is 24.4. The highest BCUT2D eigenvalue weighted by atomic mass is 32.2. The molecule has 0 aliphatic heterocycles. The molecule has 0 bridgehead atoms. The van der Waals surface area contributed by atoms with Crippen molar-refractivity contribution in [2.75, 3.05) is 44.8 Å². The summed E-state index contributed by atoms with van der Waals surface area (Å²) in [5.74, 6) is 0.574. The van der Waals surface area contributed by atoms with Gasteiger partial charge in [0.05, 0.1) is 24.4 Å². The predicted molar refractivity (Wildman–Crippen MR) is 129 cm³/mol. The van der Waals surface area contributed by atoms with Gasteiger partial charge in [-0.05, 0) is 57.7 Å². The minimum atomic E-state index is -3.94. The van der Waals surface area contributed by atoms with Gasteiger partial charge in [-0.25, -0.2) is 13.4 Å². The van der Waals surface area contributed by atoms with Crippen LogP contribution in [0.5, 0.6) is 11.5 Å². The highest BCUT2D eigenvalue weighted by Gasteiger charge is 2.18. The molecule has 0 unspecified atom stereocenters. The Kier molecular flexibility index (Phi) is 10.1. The van der Waals surface area contributed by atoms with Gasteiger partial charge in [-0.1, -0.05) is 11.8 Å². The smallest absolute Gasteiger partial charge is 0.263 e. The zero-order valence-corrected chi connectivity index (χ0v) is 20.8. The highest BCUT2D eigenvalue weighted by molar-refractivity contribution is 8.14. The van der Waals surface area contributed by atoms with Crippen LogP contribution in [0.1, 0.15) is 30.1 Å². The molecule has 0 atom stereocenters. The molecule has 0 aliphatic rings. The van der Waals surface area contributed by atoms with Gasteiger partial charge < -0.3 is 14.4 Å². The number of thioether (sulfide) groups is 1. The third kappa shape index (κ3) is 8.67. The molecule has 0 amide bonds. The quantitative estimate of drug-likeness (QED) is 0.331. The van der Waals surface area contributed by atoms with Crippen molar-refractivity contribution in [3.63, 3.8) is 0 Å². The van der Waals surface area contributed by atoms with Crippen molar-refractivity contribution in [1.82, 2.24) is 9.88 Å². The number of Topliss-reactive ketones (excluding diaryl/α,β-unsaturated/α-hetero) is 1. The Morgan fingerprint density at radius 3 is 2.48 bits per heavy atom. The summed E-state index contributed by atoms with van der Waals surface area (Å²) in [6, 6.07) is 7.22. The second-order valence-corrected chi connectivity index (χ2v) is 10.2. The van der Waals surface area contributed by atoms with Crippen molar-refractivity contribution in [1.29, 1.82) is 0 Å². The van der Waals surface area contributed by atoms with Crippen molar-refractivity contribution >= 4 is 38.5 Å². The van der Waals surface area contributed by atoms with E-state index in [0.717, 1.165) is 31.1 Å². The Bertz CT molecular complexity index is 1060. The van der Waals surface area contributed by atoms with Gasteiger partial charge in [0, 0.05) is 24.8 Å². The SMILES string of the molecule is COc1cc(S(=O)(=O)Nc2ccc(C(=O)CSC(C)=O)cn2)ccc1OCCCCN(C)C. The molecule has 2 aromatic rings. The molecule has 11 heteroatoms. The van der Waals surface area contributed by atoms with Crippen LogP contribution in [0.25, 0.3) is 0 Å². The van der Waals surface area contributed by atoms with Crippen LogP contribution in [-0.4, -0.2) is 69.3 Å². The van der Waals surface area contributed by atoms with Gasteiger partial charge in [-0.15, -0.1) is 0 Å². The lowest BCUT2D eigenvalue weighted by Gasteiger charge is -2.14. The molecule has 180 valence electrons. The molecule has 0 radical (unpaired) electrons. The van der Waals surface area contributed by atoms with Crippen LogP contribution in [0.3, 0.4) is 0 Å². The zero-order valence-electron chi connectivity index (χ0n) is 19.2. The molecule has 1 aromatic heterocycles. The predicted octanol–water partition coefficient (Wildman–Crippen LogP) is 3.07. The van der Waals surface area contributed by atoms with Crippen molar-refractivity contribution in [2.45, 2.75) is 24.7 Å². The Morgan fingerprint density at radius 1 is 1.12 bits per heavy atom. The van der Waals surface area contributed by atoms with Gasteiger partial charge in [0.2, 0.25) is 0 Å². The van der Waals surface area contributed by atoms with E-state index in [-0.39, 0.29) is 27.4 Å². The Hall–Kier alpha value is -2.63. The van der Waals surface area contributed by atoms with Crippen LogP contribution in [0.4, 0.5) is 5.82 Å². The molecule has 9 nitrogen and oxygen atoms in total. The number of hydrogen-bond acceptors (Lipinski definition) is 9. The number of ether oxygens (including phenoxy) is 2. The number of pyridine rings is 1. The second kappa shape index (κ2) is 12.6. The van der Waals surface area contributed by atoms with Crippen molar-refractivity contribution < 1.29 is 27.5 Å². The van der Waals surface area contributed by atoms with Crippen LogP contribution < -0.4 is 14.2 Å². The molecule has 0 fully saturated rings. The molecule has 33 heavy (non-hydrogen) atoms. The van der Waals surface area contributed by atoms with Crippen LogP contribution in [0.15, 0.2) is 41.4 Å². The summed E-state index contributed by atoms with van der Waals surface area (Å²) in [6.45, 7) is 2.84. The molecular weight excluding hydrogens is 466 g/mol. The number of benzene rings is 1. The highest BCUT2D eigenvalue weighted by Crippen LogP contribution is 2.30. The van der Waals surface area contributed by atoms with E-state index in [1.165, 1.54) is 44.5 Å². The van der Waals surface area contributed by atoms with E-state index >= 15 is 0 Å². The van der Waals surface area contributed by atoms with E-state index in [1.54, 1.807) is 6.07 Å². The third-order valence-electron chi connectivity index (χ3n) is 4.43. The Labute approximate surface area is 198 Å². The van der Waals surface area contributed by atoms with Gasteiger partial charge in [-0.3, -0.25) is 14.3 Å². The van der Waals surface area contributed by atoms with Gasteiger partial charge in [0.25, 0.3) is 10.0 Å². The van der Waals surface area contributed by atoms with Gasteiger partial charge in [0.1, 0.15) is 5.82 Å². The standard InChI is InChI=1S/C22H29N3O6S2/c1-16(26)32-15-19(27)17-7-10-22(23-14-17)24-33(28,29)18-8-9-20(21(13-18)30-4)31-12-6-5-11-25(2)3/h7-10,13-14H,5-6,11-12,15H2,1-4H3,(H,23,24). The number of carbonyl (C=O) groups excluding carboxylic acids is 2. The fourth-order valence-corrected chi connectivity index (χ4v) is 4.24. The maximum Gasteiger partial charge on any atom is 0.263 e. The van der Waals surface area contributed by atoms with Crippen LogP contribution in [0.2, 0.25) is 0 Å². The molecule has 0 saturated heterocycles. The summed E-state index contributed by atoms with van der Waals surface area (Å²) in [7, 11) is 1.52.